The third-order valence-electron chi connectivity index (χ3n) is 4.92. The average Bonchev–Trinajstić information content (AvgIpc) is 2.19. The number of carbonyl (C=O) groups excluding carboxylic acids is 1. The topological polar surface area (TPSA) is 17.1 Å². The highest BCUT2D eigenvalue weighted by Crippen LogP contribution is 2.52. The predicted octanol–water partition coefficient (Wildman–Crippen LogP) is 3.74. The molecule has 2 aliphatic rings. The van der Waals surface area contributed by atoms with E-state index >= 15 is 0 Å². The maximum absolute atomic E-state index is 11.5. The lowest BCUT2D eigenvalue weighted by Crippen LogP contribution is -2.40. The summed E-state index contributed by atoms with van der Waals surface area (Å²) in [6.45, 7) is 6.48. The highest BCUT2D eigenvalue weighted by atomic mass is 16.1. The van der Waals surface area contributed by atoms with Crippen LogP contribution in [0.3, 0.4) is 0 Å². The van der Waals surface area contributed by atoms with Gasteiger partial charge in [-0.3, -0.25) is 4.79 Å². The van der Waals surface area contributed by atoms with Gasteiger partial charge in [-0.1, -0.05) is 32.8 Å². The molecule has 1 nitrogen and oxygen atoms in total. The molecule has 84 valence electrons. The van der Waals surface area contributed by atoms with Gasteiger partial charge in [-0.05, 0) is 49.0 Å². The molecule has 1 saturated carbocycles. The van der Waals surface area contributed by atoms with E-state index in [-0.39, 0.29) is 5.78 Å². The second-order valence-electron chi connectivity index (χ2n) is 5.73. The summed E-state index contributed by atoms with van der Waals surface area (Å²) in [7, 11) is 0. The van der Waals surface area contributed by atoms with Crippen molar-refractivity contribution in [1.29, 1.82) is 0 Å². The number of hydrogen-bond acceptors (Lipinski definition) is 1. The fraction of sp³-hybridized carbons (Fsp3) is 0.786. The molecule has 3 atom stereocenters. The summed E-state index contributed by atoms with van der Waals surface area (Å²) in [5, 5.41) is 0. The summed E-state index contributed by atoms with van der Waals surface area (Å²) in [4.78, 5) is 11.5. The van der Waals surface area contributed by atoms with Crippen molar-refractivity contribution in [2.75, 3.05) is 0 Å². The molecule has 1 fully saturated rings. The molecule has 0 aliphatic heterocycles. The minimum Gasteiger partial charge on any atom is -0.295 e. The van der Waals surface area contributed by atoms with Crippen molar-refractivity contribution >= 4 is 5.78 Å². The molecule has 0 N–H and O–H groups in total. The van der Waals surface area contributed by atoms with Crippen molar-refractivity contribution < 1.29 is 4.79 Å². The first kappa shape index (κ1) is 10.9. The van der Waals surface area contributed by atoms with Gasteiger partial charge in [0.2, 0.25) is 0 Å². The highest BCUT2D eigenvalue weighted by molar-refractivity contribution is 5.93. The Labute approximate surface area is 92.9 Å². The average molecular weight is 206 g/mol. The molecule has 1 heteroatoms. The Morgan fingerprint density at radius 2 is 2.20 bits per heavy atom. The monoisotopic (exact) mass is 206 g/mol. The Hall–Kier alpha value is -0.590. The molecule has 15 heavy (non-hydrogen) atoms. The van der Waals surface area contributed by atoms with E-state index in [0.29, 0.717) is 5.41 Å². The fourth-order valence-electron chi connectivity index (χ4n) is 3.47. The zero-order chi connectivity index (χ0) is 11.1. The molecule has 0 aromatic heterocycles. The minimum absolute atomic E-state index is 0.285. The first-order valence-electron chi connectivity index (χ1n) is 6.24. The van der Waals surface area contributed by atoms with E-state index in [9.17, 15) is 4.79 Å². The van der Waals surface area contributed by atoms with Gasteiger partial charge in [-0.15, -0.1) is 0 Å². The molecule has 0 unspecified atom stereocenters. The Morgan fingerprint density at radius 1 is 1.47 bits per heavy atom. The summed E-state index contributed by atoms with van der Waals surface area (Å²) in [5.41, 5.74) is 1.48. The lowest BCUT2D eigenvalue weighted by molar-refractivity contribution is -0.114. The van der Waals surface area contributed by atoms with Crippen LogP contribution in [0.15, 0.2) is 11.6 Å². The number of allylic oxidation sites excluding steroid dienone is 2. The van der Waals surface area contributed by atoms with Crippen molar-refractivity contribution in [2.24, 2.45) is 17.3 Å². The molecular formula is C14H22O. The third kappa shape index (κ3) is 1.77. The van der Waals surface area contributed by atoms with Crippen LogP contribution in [0.25, 0.3) is 0 Å². The normalized spacial score (nSPS) is 40.6. The molecule has 0 radical (unpaired) electrons. The van der Waals surface area contributed by atoms with E-state index in [2.05, 4.69) is 19.9 Å². The first-order chi connectivity index (χ1) is 7.04. The van der Waals surface area contributed by atoms with Crippen molar-refractivity contribution in [3.05, 3.63) is 11.6 Å². The molecule has 0 aromatic rings. The number of rotatable bonds is 1. The molecule has 2 aliphatic carbocycles. The quantitative estimate of drug-likeness (QED) is 0.638. The Morgan fingerprint density at radius 3 is 2.87 bits per heavy atom. The van der Waals surface area contributed by atoms with Crippen molar-refractivity contribution in [3.63, 3.8) is 0 Å². The lowest BCUT2D eigenvalue weighted by atomic mass is 9.56. The maximum Gasteiger partial charge on any atom is 0.155 e. The molecular weight excluding hydrogens is 184 g/mol. The highest BCUT2D eigenvalue weighted by Gasteiger charge is 2.43. The molecule has 0 amide bonds. The van der Waals surface area contributed by atoms with Crippen LogP contribution in [0, 0.1) is 17.3 Å². The van der Waals surface area contributed by atoms with Crippen LogP contribution in [-0.4, -0.2) is 5.78 Å². The third-order valence-corrected chi connectivity index (χ3v) is 4.92. The molecule has 2 rings (SSSR count). The lowest BCUT2D eigenvalue weighted by Gasteiger charge is -2.49. The minimum atomic E-state index is 0.285. The smallest absolute Gasteiger partial charge is 0.155 e. The Bertz CT molecular complexity index is 302. The van der Waals surface area contributed by atoms with Gasteiger partial charge in [-0.25, -0.2) is 0 Å². The van der Waals surface area contributed by atoms with Crippen LogP contribution in [0.2, 0.25) is 0 Å². The van der Waals surface area contributed by atoms with Crippen molar-refractivity contribution in [2.45, 2.75) is 52.9 Å². The molecule has 0 aromatic carbocycles. The van der Waals surface area contributed by atoms with Crippen LogP contribution in [-0.2, 0) is 4.79 Å². The zero-order valence-corrected chi connectivity index (χ0v) is 10.2. The van der Waals surface area contributed by atoms with E-state index in [0.717, 1.165) is 30.3 Å². The zero-order valence-electron chi connectivity index (χ0n) is 10.2. The van der Waals surface area contributed by atoms with Gasteiger partial charge < -0.3 is 0 Å². The van der Waals surface area contributed by atoms with Crippen LogP contribution >= 0.6 is 0 Å². The van der Waals surface area contributed by atoms with Gasteiger partial charge in [0.1, 0.15) is 0 Å². The Balaban J connectivity index is 2.25. The maximum atomic E-state index is 11.5. The SMILES string of the molecule is CC(=O)C1=CC[C@@H]2CCC[C@@H](C)[C@]2(C)C1. The van der Waals surface area contributed by atoms with Gasteiger partial charge in [0.25, 0.3) is 0 Å². The van der Waals surface area contributed by atoms with E-state index < -0.39 is 0 Å². The van der Waals surface area contributed by atoms with Crippen LogP contribution < -0.4 is 0 Å². The van der Waals surface area contributed by atoms with E-state index in [1.54, 1.807) is 6.92 Å². The predicted molar refractivity (Wildman–Crippen MR) is 62.6 cm³/mol. The summed E-state index contributed by atoms with van der Waals surface area (Å²) in [6.07, 6.45) is 8.45. The molecule has 0 spiro atoms. The van der Waals surface area contributed by atoms with Crippen molar-refractivity contribution in [1.82, 2.24) is 0 Å². The number of Topliss-reactive ketones (excluding diaryl/α,β-unsaturated/α-hetero) is 1. The van der Waals surface area contributed by atoms with Gasteiger partial charge in [0.15, 0.2) is 5.78 Å². The van der Waals surface area contributed by atoms with Gasteiger partial charge in [-0.2, -0.15) is 0 Å². The Kier molecular flexibility index (Phi) is 2.74. The van der Waals surface area contributed by atoms with Crippen LogP contribution in [0.5, 0.6) is 0 Å². The van der Waals surface area contributed by atoms with Crippen LogP contribution in [0.1, 0.15) is 52.9 Å². The number of ketones is 1. The number of fused-ring (bicyclic) bond motifs is 1. The standard InChI is InChI=1S/C14H22O/c1-10-5-4-6-13-8-7-12(11(2)15)9-14(10,13)3/h7,10,13H,4-6,8-9H2,1-3H3/t10-,13+,14+/m1/s1. The number of carbonyl (C=O) groups is 1. The van der Waals surface area contributed by atoms with Gasteiger partial charge >= 0.3 is 0 Å². The van der Waals surface area contributed by atoms with E-state index in [1.807, 2.05) is 0 Å². The summed E-state index contributed by atoms with van der Waals surface area (Å²) in [5.74, 6) is 1.89. The largest absolute Gasteiger partial charge is 0.295 e. The van der Waals surface area contributed by atoms with E-state index in [1.165, 1.54) is 19.3 Å². The molecule has 0 bridgehead atoms. The van der Waals surface area contributed by atoms with Gasteiger partial charge in [0, 0.05) is 0 Å². The first-order valence-corrected chi connectivity index (χ1v) is 6.24. The molecule has 0 saturated heterocycles. The summed E-state index contributed by atoms with van der Waals surface area (Å²) < 4.78 is 0. The molecule has 0 heterocycles. The van der Waals surface area contributed by atoms with E-state index in [4.69, 9.17) is 0 Å². The second kappa shape index (κ2) is 3.77. The fourth-order valence-corrected chi connectivity index (χ4v) is 3.47. The van der Waals surface area contributed by atoms with Crippen molar-refractivity contribution in [3.8, 4) is 0 Å². The van der Waals surface area contributed by atoms with Crippen LogP contribution in [0.4, 0.5) is 0 Å². The summed E-state index contributed by atoms with van der Waals surface area (Å²) in [6, 6.07) is 0. The van der Waals surface area contributed by atoms with Gasteiger partial charge in [0.05, 0.1) is 0 Å². The summed E-state index contributed by atoms with van der Waals surface area (Å²) >= 11 is 0. The second-order valence-corrected chi connectivity index (χ2v) is 5.73. The number of hydrogen-bond donors (Lipinski definition) is 0.